The summed E-state index contributed by atoms with van der Waals surface area (Å²) >= 11 is 22.5. The molecule has 0 radical (unpaired) electrons. The van der Waals surface area contributed by atoms with Gasteiger partial charge in [-0.3, -0.25) is 0 Å². The number of halogens is 4. The molecule has 1 aliphatic heterocycles. The lowest BCUT2D eigenvalue weighted by molar-refractivity contribution is -0.142. The zero-order valence-electron chi connectivity index (χ0n) is 8.70. The molecule has 1 heterocycles. The third-order valence-electron chi connectivity index (χ3n) is 2.08. The van der Waals surface area contributed by atoms with Gasteiger partial charge in [-0.1, -0.05) is 58.5 Å². The van der Waals surface area contributed by atoms with E-state index in [2.05, 4.69) is 0 Å². The van der Waals surface area contributed by atoms with Crippen LogP contribution in [0.2, 0.25) is 5.02 Å². The molecule has 96 valence electrons. The number of carbonyl (C=O) groups excluding carboxylic acids is 1. The van der Waals surface area contributed by atoms with Gasteiger partial charge in [0.25, 0.3) is 10.1 Å². The molecule has 1 aromatic carbocycles. The molecule has 1 aliphatic rings. The van der Waals surface area contributed by atoms with E-state index in [4.69, 9.17) is 55.9 Å². The number of hydrogen-bond acceptors (Lipinski definition) is 3. The van der Waals surface area contributed by atoms with Crippen LogP contribution < -0.4 is 0 Å². The lowest BCUT2D eigenvalue weighted by Gasteiger charge is -2.15. The van der Waals surface area contributed by atoms with E-state index in [-0.39, 0.29) is 5.76 Å². The third kappa shape index (κ3) is 3.23. The molecule has 1 atom stereocenters. The maximum absolute atomic E-state index is 11.5. The van der Waals surface area contributed by atoms with Crippen LogP contribution in [0.4, 0.5) is 0 Å². The van der Waals surface area contributed by atoms with Gasteiger partial charge in [-0.25, -0.2) is 4.79 Å². The second-order valence-corrected chi connectivity index (χ2v) is 6.26. The first-order valence-electron chi connectivity index (χ1n) is 4.78. The van der Waals surface area contributed by atoms with E-state index in [0.717, 1.165) is 5.56 Å². The predicted molar refractivity (Wildman–Crippen MR) is 70.7 cm³/mol. The van der Waals surface area contributed by atoms with Crippen molar-refractivity contribution in [2.24, 2.45) is 0 Å². The third-order valence-corrected chi connectivity index (χ3v) is 2.87. The fourth-order valence-electron chi connectivity index (χ4n) is 1.28. The van der Waals surface area contributed by atoms with Crippen LogP contribution in [0, 0.1) is 0 Å². The highest BCUT2D eigenvalue weighted by atomic mass is 35.6. The number of hydrogen-bond donors (Lipinski definition) is 0. The molecule has 1 fully saturated rings. The van der Waals surface area contributed by atoms with E-state index in [9.17, 15) is 4.79 Å². The van der Waals surface area contributed by atoms with Crippen LogP contribution >= 0.6 is 46.4 Å². The van der Waals surface area contributed by atoms with Gasteiger partial charge in [0.1, 0.15) is 0 Å². The summed E-state index contributed by atoms with van der Waals surface area (Å²) in [5, 5.41) is 0.589. The van der Waals surface area contributed by atoms with Crippen molar-refractivity contribution >= 4 is 58.4 Å². The van der Waals surface area contributed by atoms with Gasteiger partial charge in [-0.2, -0.15) is 0 Å². The summed E-state index contributed by atoms with van der Waals surface area (Å²) in [6.45, 7) is 0. The second kappa shape index (κ2) is 5.17. The van der Waals surface area contributed by atoms with E-state index < -0.39 is 16.1 Å². The Bertz CT molecular complexity index is 490. The first-order valence-corrected chi connectivity index (χ1v) is 6.29. The monoisotopic (exact) mass is 326 g/mol. The average molecular weight is 328 g/mol. The maximum Gasteiger partial charge on any atom is 0.377 e. The van der Waals surface area contributed by atoms with Crippen LogP contribution in [0.15, 0.2) is 30.0 Å². The van der Waals surface area contributed by atoms with Gasteiger partial charge in [0.05, 0.1) is 0 Å². The minimum absolute atomic E-state index is 0.0198. The van der Waals surface area contributed by atoms with Crippen LogP contribution in [0.5, 0.6) is 0 Å². The molecule has 2 rings (SSSR count). The minimum atomic E-state index is -1.83. The fourth-order valence-corrected chi connectivity index (χ4v) is 1.67. The van der Waals surface area contributed by atoms with Crippen molar-refractivity contribution < 1.29 is 14.3 Å². The van der Waals surface area contributed by atoms with E-state index >= 15 is 0 Å². The van der Waals surface area contributed by atoms with Crippen molar-refractivity contribution in [3.8, 4) is 0 Å². The molecular formula is C11H6Cl4O3. The maximum atomic E-state index is 11.5. The summed E-state index contributed by atoms with van der Waals surface area (Å²) in [5.41, 5.74) is 0.719. The van der Waals surface area contributed by atoms with E-state index in [1.165, 1.54) is 6.08 Å². The van der Waals surface area contributed by atoms with Gasteiger partial charge in [-0.05, 0) is 23.8 Å². The molecule has 0 aliphatic carbocycles. The van der Waals surface area contributed by atoms with Crippen molar-refractivity contribution in [1.29, 1.82) is 0 Å². The molecule has 7 heteroatoms. The fraction of sp³-hybridized carbons (Fsp3) is 0.182. The molecule has 0 bridgehead atoms. The highest BCUT2D eigenvalue weighted by molar-refractivity contribution is 6.68. The zero-order valence-corrected chi connectivity index (χ0v) is 11.7. The van der Waals surface area contributed by atoms with Gasteiger partial charge in [0, 0.05) is 5.02 Å². The zero-order chi connectivity index (χ0) is 13.3. The highest BCUT2D eigenvalue weighted by Gasteiger charge is 2.44. The summed E-state index contributed by atoms with van der Waals surface area (Å²) < 4.78 is 8.09. The molecule has 1 aromatic rings. The molecule has 0 saturated carbocycles. The molecule has 1 saturated heterocycles. The first-order chi connectivity index (χ1) is 8.36. The number of ether oxygens (including phenoxy) is 2. The Morgan fingerprint density at radius 1 is 1.11 bits per heavy atom. The molecule has 0 N–H and O–H groups in total. The quantitative estimate of drug-likeness (QED) is 0.445. The second-order valence-electron chi connectivity index (χ2n) is 3.46. The van der Waals surface area contributed by atoms with Crippen LogP contribution in [-0.2, 0) is 14.3 Å². The van der Waals surface area contributed by atoms with Gasteiger partial charge >= 0.3 is 5.97 Å². The largest absolute Gasteiger partial charge is 0.443 e. The lowest BCUT2D eigenvalue weighted by atomic mass is 10.2. The smallest absolute Gasteiger partial charge is 0.377 e. The SMILES string of the molecule is O=C1OC(C(Cl)(Cl)Cl)O/C1=C/c1ccc(Cl)cc1. The number of benzene rings is 1. The van der Waals surface area contributed by atoms with Gasteiger partial charge in [0.15, 0.2) is 0 Å². The topological polar surface area (TPSA) is 35.5 Å². The standard InChI is InChI=1S/C11H6Cl4O3/c12-7-3-1-6(2-4-7)5-8-9(16)18-10(17-8)11(13,14)15/h1-5,10H/b8-5+. The number of rotatable bonds is 1. The van der Waals surface area contributed by atoms with E-state index in [0.29, 0.717) is 5.02 Å². The van der Waals surface area contributed by atoms with Gasteiger partial charge < -0.3 is 9.47 Å². The van der Waals surface area contributed by atoms with Crippen LogP contribution in [0.25, 0.3) is 6.08 Å². The number of esters is 1. The van der Waals surface area contributed by atoms with Crippen LogP contribution in [0.3, 0.4) is 0 Å². The number of carbonyl (C=O) groups is 1. The highest BCUT2D eigenvalue weighted by Crippen LogP contribution is 2.37. The summed E-state index contributed by atoms with van der Waals surface area (Å²) in [7, 11) is 0. The van der Waals surface area contributed by atoms with E-state index in [1.807, 2.05) is 0 Å². The molecule has 0 aromatic heterocycles. The van der Waals surface area contributed by atoms with Crippen molar-refractivity contribution in [1.82, 2.24) is 0 Å². The van der Waals surface area contributed by atoms with Crippen molar-refractivity contribution in [3.63, 3.8) is 0 Å². The summed E-state index contributed by atoms with van der Waals surface area (Å²) in [6, 6.07) is 6.80. The Morgan fingerprint density at radius 2 is 1.72 bits per heavy atom. The molecule has 3 nitrogen and oxygen atoms in total. The first kappa shape index (κ1) is 13.8. The molecule has 18 heavy (non-hydrogen) atoms. The molecule has 0 spiro atoms. The molecular weight excluding hydrogens is 322 g/mol. The van der Waals surface area contributed by atoms with Gasteiger partial charge in [0.2, 0.25) is 5.76 Å². The lowest BCUT2D eigenvalue weighted by Crippen LogP contribution is -2.26. The predicted octanol–water partition coefficient (Wildman–Crippen LogP) is 3.95. The van der Waals surface area contributed by atoms with Crippen molar-refractivity contribution in [2.75, 3.05) is 0 Å². The Balaban J connectivity index is 2.19. The Morgan fingerprint density at radius 3 is 2.22 bits per heavy atom. The van der Waals surface area contributed by atoms with E-state index in [1.54, 1.807) is 24.3 Å². The minimum Gasteiger partial charge on any atom is -0.443 e. The Hall–Kier alpha value is -0.610. The normalized spacial score (nSPS) is 21.9. The van der Waals surface area contributed by atoms with Crippen LogP contribution in [0.1, 0.15) is 5.56 Å². The number of cyclic esters (lactones) is 1. The summed E-state index contributed by atoms with van der Waals surface area (Å²) in [6.07, 6.45) is 0.239. The van der Waals surface area contributed by atoms with Crippen molar-refractivity contribution in [3.05, 3.63) is 40.6 Å². The van der Waals surface area contributed by atoms with Crippen molar-refractivity contribution in [2.45, 2.75) is 10.1 Å². The molecule has 0 amide bonds. The average Bonchev–Trinajstić information content (AvgIpc) is 2.63. The number of alkyl halides is 3. The van der Waals surface area contributed by atoms with Crippen LogP contribution in [-0.4, -0.2) is 16.1 Å². The summed E-state index contributed by atoms with van der Waals surface area (Å²) in [5.74, 6) is -0.699. The van der Waals surface area contributed by atoms with Gasteiger partial charge in [-0.15, -0.1) is 0 Å². The Kier molecular flexibility index (Phi) is 3.97. The summed E-state index contributed by atoms with van der Waals surface area (Å²) in [4.78, 5) is 11.5. The Labute approximate surface area is 123 Å². The molecule has 1 unspecified atom stereocenters.